The van der Waals surface area contributed by atoms with E-state index in [-0.39, 0.29) is 0 Å². The fraction of sp³-hybridized carbons (Fsp3) is 0. The van der Waals surface area contributed by atoms with E-state index < -0.39 is 0 Å². The van der Waals surface area contributed by atoms with Crippen LogP contribution in [0.2, 0.25) is 0 Å². The molecule has 1 heterocycles. The lowest BCUT2D eigenvalue weighted by atomic mass is 10.1. The summed E-state index contributed by atoms with van der Waals surface area (Å²) in [5, 5.41) is 2.57. The molecule has 0 N–H and O–H groups in total. The number of halogens is 2. The van der Waals surface area contributed by atoms with Crippen molar-refractivity contribution in [1.82, 2.24) is 4.57 Å². The monoisotopic (exact) mass is 523 g/mol. The van der Waals surface area contributed by atoms with Crippen LogP contribution in [0.25, 0.3) is 38.6 Å². The first-order valence-corrected chi connectivity index (χ1v) is 10.6. The molecular formula is C24H15BrIN. The van der Waals surface area contributed by atoms with Gasteiger partial charge >= 0.3 is 0 Å². The van der Waals surface area contributed by atoms with Crippen LogP contribution < -0.4 is 0 Å². The smallest absolute Gasteiger partial charge is 0.0552 e. The van der Waals surface area contributed by atoms with Crippen molar-refractivity contribution in [2.75, 3.05) is 0 Å². The maximum absolute atomic E-state index is 3.64. The summed E-state index contributed by atoms with van der Waals surface area (Å²) in [6, 6.07) is 32.5. The fourth-order valence-electron chi connectivity index (χ4n) is 3.68. The summed E-state index contributed by atoms with van der Waals surface area (Å²) in [6.07, 6.45) is 0. The molecule has 0 bridgehead atoms. The highest BCUT2D eigenvalue weighted by molar-refractivity contribution is 14.1. The predicted molar refractivity (Wildman–Crippen MR) is 127 cm³/mol. The number of hydrogen-bond donors (Lipinski definition) is 0. The topological polar surface area (TPSA) is 4.93 Å². The molecule has 0 amide bonds. The fourth-order valence-corrected chi connectivity index (χ4v) is 4.52. The average Bonchev–Trinajstić information content (AvgIpc) is 3.01. The molecule has 1 nitrogen and oxygen atoms in total. The zero-order valence-corrected chi connectivity index (χ0v) is 18.1. The van der Waals surface area contributed by atoms with Crippen LogP contribution in [-0.4, -0.2) is 4.57 Å². The van der Waals surface area contributed by atoms with Gasteiger partial charge < -0.3 is 4.57 Å². The lowest BCUT2D eigenvalue weighted by Crippen LogP contribution is -1.93. The van der Waals surface area contributed by atoms with Crippen molar-refractivity contribution in [3.63, 3.8) is 0 Å². The van der Waals surface area contributed by atoms with Crippen molar-refractivity contribution in [3.05, 3.63) is 99.0 Å². The second-order valence-electron chi connectivity index (χ2n) is 6.57. The lowest BCUT2D eigenvalue weighted by molar-refractivity contribution is 1.18. The molecule has 130 valence electrons. The summed E-state index contributed by atoms with van der Waals surface area (Å²) in [5.41, 5.74) is 6.10. The van der Waals surface area contributed by atoms with E-state index in [4.69, 9.17) is 0 Å². The maximum Gasteiger partial charge on any atom is 0.0552 e. The first-order chi connectivity index (χ1) is 13.2. The Morgan fingerprint density at radius 2 is 1.37 bits per heavy atom. The largest absolute Gasteiger partial charge is 0.309 e. The summed E-state index contributed by atoms with van der Waals surface area (Å²) in [6.45, 7) is 0. The van der Waals surface area contributed by atoms with Gasteiger partial charge in [-0.1, -0.05) is 64.5 Å². The van der Waals surface area contributed by atoms with Crippen LogP contribution in [0.4, 0.5) is 0 Å². The Balaban J connectivity index is 1.75. The average molecular weight is 524 g/mol. The predicted octanol–water partition coefficient (Wildman–Crippen LogP) is 7.82. The third kappa shape index (κ3) is 2.99. The van der Waals surface area contributed by atoms with E-state index in [1.807, 2.05) is 0 Å². The van der Waals surface area contributed by atoms with E-state index >= 15 is 0 Å². The zero-order valence-electron chi connectivity index (χ0n) is 14.4. The van der Waals surface area contributed by atoms with E-state index in [2.05, 4.69) is 134 Å². The molecule has 0 atom stereocenters. The number of aromatic nitrogens is 1. The second kappa shape index (κ2) is 6.80. The molecule has 0 aliphatic rings. The van der Waals surface area contributed by atoms with Crippen LogP contribution in [0.15, 0.2) is 95.5 Å². The molecule has 1 aromatic heterocycles. The van der Waals surface area contributed by atoms with Crippen LogP contribution in [0.3, 0.4) is 0 Å². The van der Waals surface area contributed by atoms with Crippen molar-refractivity contribution in [2.24, 2.45) is 0 Å². The lowest BCUT2D eigenvalue weighted by Gasteiger charge is -2.09. The van der Waals surface area contributed by atoms with Gasteiger partial charge in [-0.2, -0.15) is 0 Å². The molecule has 0 spiro atoms. The number of fused-ring (bicyclic) bond motifs is 3. The molecule has 0 aliphatic carbocycles. The molecule has 27 heavy (non-hydrogen) atoms. The first kappa shape index (κ1) is 17.0. The highest BCUT2D eigenvalue weighted by Crippen LogP contribution is 2.35. The summed E-state index contributed by atoms with van der Waals surface area (Å²) in [7, 11) is 0. The summed E-state index contributed by atoms with van der Waals surface area (Å²) < 4.78 is 4.69. The van der Waals surface area contributed by atoms with E-state index in [1.54, 1.807) is 0 Å². The van der Waals surface area contributed by atoms with Crippen LogP contribution in [0.5, 0.6) is 0 Å². The van der Waals surface area contributed by atoms with Crippen LogP contribution in [0, 0.1) is 3.57 Å². The van der Waals surface area contributed by atoms with Gasteiger partial charge in [0.25, 0.3) is 0 Å². The summed E-state index contributed by atoms with van der Waals surface area (Å²) in [4.78, 5) is 0. The van der Waals surface area contributed by atoms with E-state index in [0.29, 0.717) is 0 Å². The molecule has 5 aromatic rings. The molecular weight excluding hydrogens is 509 g/mol. The Hall–Kier alpha value is -2.11. The molecule has 4 aromatic carbocycles. The first-order valence-electron chi connectivity index (χ1n) is 8.76. The zero-order chi connectivity index (χ0) is 18.4. The third-order valence-corrected chi connectivity index (χ3v) is 6.09. The minimum Gasteiger partial charge on any atom is -0.309 e. The number of hydrogen-bond acceptors (Lipinski definition) is 0. The standard InChI is InChI=1S/C24H15BrIN/c25-18-8-12-21-22-15-19(26)9-13-23(22)27(24(21)14-18)20-10-6-17(7-11-20)16-4-2-1-3-5-16/h1-15H. The second-order valence-corrected chi connectivity index (χ2v) is 8.73. The molecule has 0 fully saturated rings. The Kier molecular flexibility index (Phi) is 4.29. The van der Waals surface area contributed by atoms with E-state index in [9.17, 15) is 0 Å². The van der Waals surface area contributed by atoms with Crippen LogP contribution in [0.1, 0.15) is 0 Å². The minimum absolute atomic E-state index is 1.09. The van der Waals surface area contributed by atoms with Crippen LogP contribution in [-0.2, 0) is 0 Å². The quantitative estimate of drug-likeness (QED) is 0.208. The Morgan fingerprint density at radius 1 is 0.630 bits per heavy atom. The van der Waals surface area contributed by atoms with Crippen molar-refractivity contribution in [2.45, 2.75) is 0 Å². The van der Waals surface area contributed by atoms with Crippen molar-refractivity contribution >= 4 is 60.3 Å². The Bertz CT molecular complexity index is 1270. The van der Waals surface area contributed by atoms with Gasteiger partial charge in [-0.25, -0.2) is 0 Å². The molecule has 0 saturated heterocycles. The van der Waals surface area contributed by atoms with Gasteiger partial charge in [0.05, 0.1) is 11.0 Å². The van der Waals surface area contributed by atoms with Gasteiger partial charge in [0.15, 0.2) is 0 Å². The maximum atomic E-state index is 3.64. The van der Waals surface area contributed by atoms with Crippen molar-refractivity contribution in [1.29, 1.82) is 0 Å². The molecule has 0 saturated carbocycles. The van der Waals surface area contributed by atoms with Crippen molar-refractivity contribution < 1.29 is 0 Å². The van der Waals surface area contributed by atoms with E-state index in [1.165, 1.54) is 42.2 Å². The molecule has 0 unspecified atom stereocenters. The van der Waals surface area contributed by atoms with Gasteiger partial charge in [0, 0.05) is 24.5 Å². The minimum atomic E-state index is 1.09. The number of nitrogens with zero attached hydrogens (tertiary/aromatic N) is 1. The summed E-state index contributed by atoms with van der Waals surface area (Å²) in [5.74, 6) is 0. The van der Waals surface area contributed by atoms with Crippen molar-refractivity contribution in [3.8, 4) is 16.8 Å². The molecule has 0 aliphatic heterocycles. The van der Waals surface area contributed by atoms with Gasteiger partial charge in [-0.3, -0.25) is 0 Å². The van der Waals surface area contributed by atoms with Gasteiger partial charge in [0.2, 0.25) is 0 Å². The SMILES string of the molecule is Brc1ccc2c3cc(I)ccc3n(-c3ccc(-c4ccccc4)cc3)c2c1. The van der Waals surface area contributed by atoms with Gasteiger partial charge in [0.1, 0.15) is 0 Å². The van der Waals surface area contributed by atoms with Crippen LogP contribution >= 0.6 is 38.5 Å². The summed E-state index contributed by atoms with van der Waals surface area (Å²) >= 11 is 6.02. The normalized spacial score (nSPS) is 11.3. The van der Waals surface area contributed by atoms with E-state index in [0.717, 1.165) is 4.47 Å². The molecule has 5 rings (SSSR count). The number of benzene rings is 4. The molecule has 0 radical (unpaired) electrons. The van der Waals surface area contributed by atoms with Gasteiger partial charge in [-0.05, 0) is 76.2 Å². The Morgan fingerprint density at radius 3 is 2.15 bits per heavy atom. The highest BCUT2D eigenvalue weighted by atomic mass is 127. The van der Waals surface area contributed by atoms with Gasteiger partial charge in [-0.15, -0.1) is 0 Å². The Labute approximate surface area is 179 Å². The highest BCUT2D eigenvalue weighted by Gasteiger charge is 2.13. The third-order valence-electron chi connectivity index (χ3n) is 4.92. The molecule has 3 heteroatoms. The number of rotatable bonds is 2.